The zero-order valence-electron chi connectivity index (χ0n) is 11.1. The molecule has 0 radical (unpaired) electrons. The van der Waals surface area contributed by atoms with Gasteiger partial charge < -0.3 is 5.32 Å². The summed E-state index contributed by atoms with van der Waals surface area (Å²) in [5.74, 6) is -0.819. The van der Waals surface area contributed by atoms with Crippen molar-refractivity contribution in [3.8, 4) is 0 Å². The summed E-state index contributed by atoms with van der Waals surface area (Å²) in [6, 6.07) is 12.2. The van der Waals surface area contributed by atoms with Gasteiger partial charge in [-0.25, -0.2) is 8.78 Å². The molecule has 1 nitrogen and oxygen atoms in total. The molecule has 1 unspecified atom stereocenters. The largest absolute Gasteiger partial charge is 0.376 e. The summed E-state index contributed by atoms with van der Waals surface area (Å²) in [5, 5.41) is 3.07. The van der Waals surface area contributed by atoms with E-state index in [-0.39, 0.29) is 11.7 Å². The molecule has 2 aromatic rings. The third-order valence-corrected chi connectivity index (χ3v) is 3.19. The van der Waals surface area contributed by atoms with Crippen molar-refractivity contribution in [1.82, 2.24) is 0 Å². The highest BCUT2D eigenvalue weighted by molar-refractivity contribution is 5.48. The van der Waals surface area contributed by atoms with Crippen molar-refractivity contribution in [3.63, 3.8) is 0 Å². The van der Waals surface area contributed by atoms with Crippen LogP contribution in [0.25, 0.3) is 0 Å². The number of halogens is 2. The van der Waals surface area contributed by atoms with Crippen LogP contribution in [0.4, 0.5) is 14.5 Å². The standard InChI is InChI=1S/C16H17F2N/c1-3-15(12-7-5-4-6-8-12)19-16-10-13(17)11(2)9-14(16)18/h4-10,15,19H,3H2,1-2H3. The molecule has 0 aliphatic rings. The molecule has 0 amide bonds. The summed E-state index contributed by atoms with van der Waals surface area (Å²) in [7, 11) is 0. The first-order valence-corrected chi connectivity index (χ1v) is 6.39. The zero-order valence-corrected chi connectivity index (χ0v) is 11.1. The van der Waals surface area contributed by atoms with Gasteiger partial charge in [0, 0.05) is 6.07 Å². The molecule has 0 spiro atoms. The van der Waals surface area contributed by atoms with Crippen LogP contribution in [0.15, 0.2) is 42.5 Å². The molecule has 1 N–H and O–H groups in total. The van der Waals surface area contributed by atoms with E-state index in [0.717, 1.165) is 12.0 Å². The van der Waals surface area contributed by atoms with Gasteiger partial charge in [-0.2, -0.15) is 0 Å². The number of hydrogen-bond acceptors (Lipinski definition) is 1. The average molecular weight is 261 g/mol. The lowest BCUT2D eigenvalue weighted by Gasteiger charge is -2.19. The normalized spacial score (nSPS) is 12.2. The summed E-state index contributed by atoms with van der Waals surface area (Å²) in [4.78, 5) is 0. The summed E-state index contributed by atoms with van der Waals surface area (Å²) in [6.07, 6.45) is 0.791. The highest BCUT2D eigenvalue weighted by Crippen LogP contribution is 2.26. The van der Waals surface area contributed by atoms with E-state index >= 15 is 0 Å². The maximum absolute atomic E-state index is 13.8. The van der Waals surface area contributed by atoms with E-state index in [1.807, 2.05) is 37.3 Å². The van der Waals surface area contributed by atoms with E-state index < -0.39 is 11.6 Å². The van der Waals surface area contributed by atoms with Gasteiger partial charge in [-0.1, -0.05) is 37.3 Å². The van der Waals surface area contributed by atoms with E-state index in [2.05, 4.69) is 5.32 Å². The third kappa shape index (κ3) is 3.11. The van der Waals surface area contributed by atoms with E-state index in [0.29, 0.717) is 5.56 Å². The first-order chi connectivity index (χ1) is 9.11. The maximum atomic E-state index is 13.8. The molecule has 0 saturated heterocycles. The third-order valence-electron chi connectivity index (χ3n) is 3.19. The minimum absolute atomic E-state index is 0.0298. The van der Waals surface area contributed by atoms with E-state index in [9.17, 15) is 8.78 Å². The van der Waals surface area contributed by atoms with Crippen molar-refractivity contribution in [3.05, 3.63) is 65.2 Å². The number of anilines is 1. The minimum Gasteiger partial charge on any atom is -0.376 e. The van der Waals surface area contributed by atoms with Crippen molar-refractivity contribution in [1.29, 1.82) is 0 Å². The molecule has 1 atom stereocenters. The monoisotopic (exact) mass is 261 g/mol. The van der Waals surface area contributed by atoms with Crippen LogP contribution in [0, 0.1) is 18.6 Å². The molecule has 19 heavy (non-hydrogen) atoms. The van der Waals surface area contributed by atoms with Gasteiger partial charge in [-0.3, -0.25) is 0 Å². The van der Waals surface area contributed by atoms with E-state index in [4.69, 9.17) is 0 Å². The number of rotatable bonds is 4. The first-order valence-electron chi connectivity index (χ1n) is 6.39. The lowest BCUT2D eigenvalue weighted by Crippen LogP contribution is -2.11. The van der Waals surface area contributed by atoms with Crippen LogP contribution in [0.5, 0.6) is 0 Å². The van der Waals surface area contributed by atoms with Crippen molar-refractivity contribution >= 4 is 5.69 Å². The molecular weight excluding hydrogens is 244 g/mol. The van der Waals surface area contributed by atoms with Gasteiger partial charge in [0.25, 0.3) is 0 Å². The highest BCUT2D eigenvalue weighted by atomic mass is 19.1. The Kier molecular flexibility index (Phi) is 4.15. The Labute approximate surface area is 112 Å². The zero-order chi connectivity index (χ0) is 13.8. The molecule has 2 rings (SSSR count). The molecule has 2 aromatic carbocycles. The van der Waals surface area contributed by atoms with Gasteiger partial charge in [0.1, 0.15) is 11.6 Å². The van der Waals surface area contributed by atoms with Crippen LogP contribution >= 0.6 is 0 Å². The predicted molar refractivity (Wildman–Crippen MR) is 74.2 cm³/mol. The smallest absolute Gasteiger partial charge is 0.146 e. The Bertz CT molecular complexity index is 552. The van der Waals surface area contributed by atoms with E-state index in [1.54, 1.807) is 6.92 Å². The Morgan fingerprint density at radius 2 is 1.74 bits per heavy atom. The van der Waals surface area contributed by atoms with Crippen LogP contribution < -0.4 is 5.32 Å². The predicted octanol–water partition coefficient (Wildman–Crippen LogP) is 4.84. The van der Waals surface area contributed by atoms with Crippen molar-refractivity contribution < 1.29 is 8.78 Å². The minimum atomic E-state index is -0.423. The molecule has 0 saturated carbocycles. The van der Waals surface area contributed by atoms with Gasteiger partial charge >= 0.3 is 0 Å². The number of benzene rings is 2. The van der Waals surface area contributed by atoms with Crippen molar-refractivity contribution in [2.45, 2.75) is 26.3 Å². The fraction of sp³-hybridized carbons (Fsp3) is 0.250. The topological polar surface area (TPSA) is 12.0 Å². The van der Waals surface area contributed by atoms with Crippen LogP contribution in [-0.4, -0.2) is 0 Å². The average Bonchev–Trinajstić information content (AvgIpc) is 2.42. The molecule has 3 heteroatoms. The summed E-state index contributed by atoms with van der Waals surface area (Å²) in [6.45, 7) is 3.56. The molecule has 0 bridgehead atoms. The second-order valence-electron chi connectivity index (χ2n) is 4.60. The Balaban J connectivity index is 2.26. The van der Waals surface area contributed by atoms with Crippen LogP contribution in [-0.2, 0) is 0 Å². The molecule has 0 fully saturated rings. The van der Waals surface area contributed by atoms with Gasteiger partial charge in [-0.15, -0.1) is 0 Å². The van der Waals surface area contributed by atoms with Crippen LogP contribution in [0.1, 0.15) is 30.5 Å². The second-order valence-corrected chi connectivity index (χ2v) is 4.60. The maximum Gasteiger partial charge on any atom is 0.146 e. The van der Waals surface area contributed by atoms with E-state index in [1.165, 1.54) is 12.1 Å². The molecule has 100 valence electrons. The molecule has 0 heterocycles. The summed E-state index contributed by atoms with van der Waals surface area (Å²) >= 11 is 0. The van der Waals surface area contributed by atoms with Gasteiger partial charge in [0.15, 0.2) is 0 Å². The SMILES string of the molecule is CCC(Nc1cc(F)c(C)cc1F)c1ccccc1. The van der Waals surface area contributed by atoms with Crippen molar-refractivity contribution in [2.24, 2.45) is 0 Å². The quantitative estimate of drug-likeness (QED) is 0.830. The van der Waals surface area contributed by atoms with Gasteiger partial charge in [0.05, 0.1) is 11.7 Å². The van der Waals surface area contributed by atoms with Crippen LogP contribution in [0.3, 0.4) is 0 Å². The number of aryl methyl sites for hydroxylation is 1. The molecular formula is C16H17F2N. The molecule has 0 aliphatic heterocycles. The molecule has 0 aliphatic carbocycles. The number of hydrogen-bond donors (Lipinski definition) is 1. The Morgan fingerprint density at radius 1 is 1.05 bits per heavy atom. The summed E-state index contributed by atoms with van der Waals surface area (Å²) < 4.78 is 27.3. The Morgan fingerprint density at radius 3 is 2.37 bits per heavy atom. The number of nitrogens with one attached hydrogen (secondary N) is 1. The second kappa shape index (κ2) is 5.83. The first kappa shape index (κ1) is 13.5. The fourth-order valence-electron chi connectivity index (χ4n) is 2.05. The van der Waals surface area contributed by atoms with Gasteiger partial charge in [0.2, 0.25) is 0 Å². The van der Waals surface area contributed by atoms with Crippen LogP contribution in [0.2, 0.25) is 0 Å². The fourth-order valence-corrected chi connectivity index (χ4v) is 2.05. The summed E-state index contributed by atoms with van der Waals surface area (Å²) in [5.41, 5.74) is 1.58. The van der Waals surface area contributed by atoms with Gasteiger partial charge in [-0.05, 0) is 30.5 Å². The lowest BCUT2D eigenvalue weighted by molar-refractivity contribution is 0.591. The lowest BCUT2D eigenvalue weighted by atomic mass is 10.0. The molecule has 0 aromatic heterocycles. The van der Waals surface area contributed by atoms with Crippen molar-refractivity contribution in [2.75, 3.05) is 5.32 Å². The highest BCUT2D eigenvalue weighted by Gasteiger charge is 2.13. The Hall–Kier alpha value is -1.90.